The number of hydrogen-bond donors (Lipinski definition) is 1. The van der Waals surface area contributed by atoms with Crippen molar-refractivity contribution < 1.29 is 0 Å². The van der Waals surface area contributed by atoms with E-state index in [0.717, 1.165) is 45.1 Å². The third kappa shape index (κ3) is 2.81. The van der Waals surface area contributed by atoms with Crippen LogP contribution in [0.2, 0.25) is 0 Å². The second-order valence-corrected chi connectivity index (χ2v) is 5.45. The van der Waals surface area contributed by atoms with Gasteiger partial charge in [0, 0.05) is 56.5 Å². The van der Waals surface area contributed by atoms with Gasteiger partial charge in [0.2, 0.25) is 0 Å². The zero-order valence-electron chi connectivity index (χ0n) is 13.0. The number of anilines is 2. The molecule has 1 saturated heterocycles. The fourth-order valence-electron chi connectivity index (χ4n) is 3.06. The fraction of sp³-hybridized carbons (Fsp3) is 0.471. The van der Waals surface area contributed by atoms with Crippen molar-refractivity contribution in [2.45, 2.75) is 13.8 Å². The molecule has 0 saturated carbocycles. The van der Waals surface area contributed by atoms with Crippen LogP contribution in [-0.2, 0) is 0 Å². The third-order valence-corrected chi connectivity index (χ3v) is 4.27. The molecule has 3 rings (SSSR count). The quantitative estimate of drug-likeness (QED) is 0.934. The van der Waals surface area contributed by atoms with Crippen LogP contribution in [0.3, 0.4) is 0 Å². The molecule has 2 aromatic rings. The van der Waals surface area contributed by atoms with E-state index in [-0.39, 0.29) is 0 Å². The molecule has 4 nitrogen and oxygen atoms in total. The smallest absolute Gasteiger partial charge is 0.136 e. The van der Waals surface area contributed by atoms with Gasteiger partial charge in [-0.05, 0) is 43.5 Å². The van der Waals surface area contributed by atoms with Gasteiger partial charge in [-0.25, -0.2) is 4.98 Å². The Labute approximate surface area is 126 Å². The Kier molecular flexibility index (Phi) is 4.25. The van der Waals surface area contributed by atoms with E-state index in [9.17, 15) is 0 Å². The molecule has 1 aliphatic rings. The lowest BCUT2D eigenvalue weighted by Gasteiger charge is -2.29. The molecular formula is C17H24N4. The molecule has 1 fully saturated rings. The van der Waals surface area contributed by atoms with E-state index in [1.165, 1.54) is 16.5 Å². The summed E-state index contributed by atoms with van der Waals surface area (Å²) in [4.78, 5) is 9.39. The molecule has 1 aromatic carbocycles. The third-order valence-electron chi connectivity index (χ3n) is 4.27. The predicted octanol–water partition coefficient (Wildman–Crippen LogP) is 2.49. The number of aromatic nitrogens is 1. The van der Waals surface area contributed by atoms with Crippen molar-refractivity contribution in [2.75, 3.05) is 49.1 Å². The summed E-state index contributed by atoms with van der Waals surface area (Å²) in [7, 11) is 0. The Morgan fingerprint density at radius 2 is 1.90 bits per heavy atom. The fourth-order valence-corrected chi connectivity index (χ4v) is 3.06. The predicted molar refractivity (Wildman–Crippen MR) is 90.4 cm³/mol. The summed E-state index contributed by atoms with van der Waals surface area (Å²) >= 11 is 0. The maximum Gasteiger partial charge on any atom is 0.136 e. The molecular weight excluding hydrogens is 260 g/mol. The Bertz CT molecular complexity index is 601. The molecule has 1 aliphatic heterocycles. The number of benzene rings is 1. The summed E-state index contributed by atoms with van der Waals surface area (Å²) in [6.07, 6.45) is 1.94. The van der Waals surface area contributed by atoms with E-state index in [2.05, 4.69) is 58.2 Å². The standard InChI is InChI=1S/C17H24N4/c1-3-20(4-2)15-5-6-16-14(13-15)7-8-19-17(16)21-11-9-18-10-12-21/h5-8,13,18H,3-4,9-12H2,1-2H3. The second-order valence-electron chi connectivity index (χ2n) is 5.45. The first kappa shape index (κ1) is 14.1. The van der Waals surface area contributed by atoms with Gasteiger partial charge in [0.05, 0.1) is 0 Å². The van der Waals surface area contributed by atoms with Crippen molar-refractivity contribution in [3.8, 4) is 0 Å². The van der Waals surface area contributed by atoms with Gasteiger partial charge >= 0.3 is 0 Å². The SMILES string of the molecule is CCN(CC)c1ccc2c(N3CCNCC3)nccc2c1. The Balaban J connectivity index is 2.00. The average Bonchev–Trinajstić information content (AvgIpc) is 2.56. The molecule has 0 atom stereocenters. The van der Waals surface area contributed by atoms with Gasteiger partial charge in [0.25, 0.3) is 0 Å². The maximum atomic E-state index is 4.63. The van der Waals surface area contributed by atoms with Crippen LogP contribution >= 0.6 is 0 Å². The summed E-state index contributed by atoms with van der Waals surface area (Å²) < 4.78 is 0. The van der Waals surface area contributed by atoms with Gasteiger partial charge in [0.15, 0.2) is 0 Å². The summed E-state index contributed by atoms with van der Waals surface area (Å²) in [5.74, 6) is 1.13. The Morgan fingerprint density at radius 1 is 1.14 bits per heavy atom. The van der Waals surface area contributed by atoms with Crippen molar-refractivity contribution >= 4 is 22.3 Å². The minimum absolute atomic E-state index is 1.03. The van der Waals surface area contributed by atoms with Crippen LogP contribution in [0.5, 0.6) is 0 Å². The topological polar surface area (TPSA) is 31.4 Å². The van der Waals surface area contributed by atoms with Gasteiger partial charge in [-0.1, -0.05) is 0 Å². The first-order valence-corrected chi connectivity index (χ1v) is 7.93. The van der Waals surface area contributed by atoms with Crippen molar-refractivity contribution in [1.82, 2.24) is 10.3 Å². The molecule has 21 heavy (non-hydrogen) atoms. The molecule has 1 N–H and O–H groups in total. The van der Waals surface area contributed by atoms with Crippen molar-refractivity contribution in [2.24, 2.45) is 0 Å². The Hall–Kier alpha value is -1.81. The summed E-state index contributed by atoms with van der Waals surface area (Å²) in [6.45, 7) is 10.6. The first-order valence-electron chi connectivity index (χ1n) is 7.93. The molecule has 0 amide bonds. The summed E-state index contributed by atoms with van der Waals surface area (Å²) in [6, 6.07) is 8.86. The van der Waals surface area contributed by atoms with E-state index < -0.39 is 0 Å². The molecule has 0 aliphatic carbocycles. The van der Waals surface area contributed by atoms with Gasteiger partial charge < -0.3 is 15.1 Å². The van der Waals surface area contributed by atoms with Crippen LogP contribution in [-0.4, -0.2) is 44.3 Å². The minimum atomic E-state index is 1.03. The molecule has 2 heterocycles. The molecule has 1 aromatic heterocycles. The molecule has 0 radical (unpaired) electrons. The number of piperazine rings is 1. The molecule has 0 bridgehead atoms. The van der Waals surface area contributed by atoms with E-state index in [4.69, 9.17) is 0 Å². The monoisotopic (exact) mass is 284 g/mol. The minimum Gasteiger partial charge on any atom is -0.372 e. The lowest BCUT2D eigenvalue weighted by atomic mass is 10.1. The lowest BCUT2D eigenvalue weighted by Crippen LogP contribution is -2.43. The van der Waals surface area contributed by atoms with E-state index in [1.54, 1.807) is 0 Å². The highest BCUT2D eigenvalue weighted by Crippen LogP contribution is 2.28. The van der Waals surface area contributed by atoms with Gasteiger partial charge in [-0.3, -0.25) is 0 Å². The van der Waals surface area contributed by atoms with Crippen molar-refractivity contribution in [3.63, 3.8) is 0 Å². The summed E-state index contributed by atoms with van der Waals surface area (Å²) in [5, 5.41) is 5.94. The van der Waals surface area contributed by atoms with Crippen LogP contribution < -0.4 is 15.1 Å². The van der Waals surface area contributed by atoms with Gasteiger partial charge in [-0.2, -0.15) is 0 Å². The first-order chi connectivity index (χ1) is 10.3. The zero-order chi connectivity index (χ0) is 14.7. The molecule has 112 valence electrons. The number of nitrogens with one attached hydrogen (secondary N) is 1. The van der Waals surface area contributed by atoms with Crippen molar-refractivity contribution in [1.29, 1.82) is 0 Å². The van der Waals surface area contributed by atoms with Crippen molar-refractivity contribution in [3.05, 3.63) is 30.5 Å². The van der Waals surface area contributed by atoms with E-state index in [0.29, 0.717) is 0 Å². The second kappa shape index (κ2) is 6.31. The normalized spacial score (nSPS) is 15.4. The number of rotatable bonds is 4. The highest BCUT2D eigenvalue weighted by molar-refractivity contribution is 5.94. The highest BCUT2D eigenvalue weighted by Gasteiger charge is 2.14. The molecule has 0 unspecified atom stereocenters. The zero-order valence-corrected chi connectivity index (χ0v) is 13.0. The number of fused-ring (bicyclic) bond motifs is 1. The number of nitrogens with zero attached hydrogens (tertiary/aromatic N) is 3. The number of pyridine rings is 1. The van der Waals surface area contributed by atoms with Crippen LogP contribution in [0.25, 0.3) is 10.8 Å². The van der Waals surface area contributed by atoms with Crippen LogP contribution in [0.15, 0.2) is 30.5 Å². The molecule has 4 heteroatoms. The van der Waals surface area contributed by atoms with Gasteiger partial charge in [0.1, 0.15) is 5.82 Å². The largest absolute Gasteiger partial charge is 0.372 e. The maximum absolute atomic E-state index is 4.63. The average molecular weight is 284 g/mol. The van der Waals surface area contributed by atoms with E-state index in [1.807, 2.05) is 6.20 Å². The summed E-state index contributed by atoms with van der Waals surface area (Å²) in [5.41, 5.74) is 1.30. The van der Waals surface area contributed by atoms with Crippen LogP contribution in [0.4, 0.5) is 11.5 Å². The lowest BCUT2D eigenvalue weighted by molar-refractivity contribution is 0.586. The van der Waals surface area contributed by atoms with Gasteiger partial charge in [-0.15, -0.1) is 0 Å². The highest BCUT2D eigenvalue weighted by atomic mass is 15.2. The number of hydrogen-bond acceptors (Lipinski definition) is 4. The van der Waals surface area contributed by atoms with E-state index >= 15 is 0 Å². The Morgan fingerprint density at radius 3 is 2.62 bits per heavy atom. The molecule has 0 spiro atoms. The van der Waals surface area contributed by atoms with Crippen LogP contribution in [0.1, 0.15) is 13.8 Å². The van der Waals surface area contributed by atoms with Crippen LogP contribution in [0, 0.1) is 0 Å².